The van der Waals surface area contributed by atoms with Gasteiger partial charge in [-0.25, -0.2) is 4.79 Å². The number of piperidine rings is 1. The summed E-state index contributed by atoms with van der Waals surface area (Å²) < 4.78 is 5.13. The van der Waals surface area contributed by atoms with Crippen LogP contribution in [0.15, 0.2) is 24.3 Å². The van der Waals surface area contributed by atoms with Gasteiger partial charge in [0.05, 0.1) is 12.1 Å². The first-order valence-corrected chi connectivity index (χ1v) is 7.00. The molecule has 0 atom stereocenters. The van der Waals surface area contributed by atoms with E-state index in [1.165, 1.54) is 0 Å². The fraction of sp³-hybridized carbons (Fsp3) is 0.429. The van der Waals surface area contributed by atoms with Gasteiger partial charge in [-0.15, -0.1) is 0 Å². The topological polar surface area (TPSA) is 67.6 Å². The molecule has 0 saturated carbocycles. The molecule has 3 N–H and O–H groups in total. The largest absolute Gasteiger partial charge is 0.497 e. The first-order chi connectivity index (χ1) is 9.60. The number of hydrogen-bond donors (Lipinski definition) is 2. The lowest BCUT2D eigenvalue weighted by Gasteiger charge is -2.31. The Morgan fingerprint density at radius 1 is 1.45 bits per heavy atom. The molecule has 1 aliphatic rings. The summed E-state index contributed by atoms with van der Waals surface area (Å²) in [5.74, 6) is 0.973. The molecule has 108 valence electrons. The van der Waals surface area contributed by atoms with Gasteiger partial charge in [-0.05, 0) is 25.0 Å². The number of anilines is 1. The maximum Gasteiger partial charge on any atom is 0.321 e. The van der Waals surface area contributed by atoms with Gasteiger partial charge in [0, 0.05) is 30.8 Å². The van der Waals surface area contributed by atoms with Gasteiger partial charge >= 0.3 is 6.03 Å². The van der Waals surface area contributed by atoms with Gasteiger partial charge in [-0.3, -0.25) is 0 Å². The van der Waals surface area contributed by atoms with E-state index in [0.717, 1.165) is 24.3 Å². The van der Waals surface area contributed by atoms with Crippen LogP contribution in [-0.4, -0.2) is 36.1 Å². The maximum absolute atomic E-state index is 12.2. The minimum Gasteiger partial charge on any atom is -0.497 e. The third-order valence-corrected chi connectivity index (χ3v) is 3.84. The number of methoxy groups -OCH3 is 1. The molecule has 2 amide bonds. The molecule has 0 unspecified atom stereocenters. The number of nitrogens with zero attached hydrogens (tertiary/aromatic N) is 1. The van der Waals surface area contributed by atoms with Crippen molar-refractivity contribution in [3.05, 3.63) is 24.3 Å². The number of amides is 2. The van der Waals surface area contributed by atoms with Crippen molar-refractivity contribution in [3.63, 3.8) is 0 Å². The van der Waals surface area contributed by atoms with Crippen LogP contribution in [0.1, 0.15) is 12.8 Å². The Morgan fingerprint density at radius 2 is 2.15 bits per heavy atom. The molecule has 5 nitrogen and oxygen atoms in total. The SMILES string of the molecule is COc1cccc(NC(=O)N2CCC(C(N)=S)CC2)c1. The summed E-state index contributed by atoms with van der Waals surface area (Å²) in [4.78, 5) is 14.5. The number of likely N-dealkylation sites (tertiary alicyclic amines) is 1. The lowest BCUT2D eigenvalue weighted by atomic mass is 9.97. The second-order valence-corrected chi connectivity index (χ2v) is 5.30. The van der Waals surface area contributed by atoms with Gasteiger partial charge in [-0.2, -0.15) is 0 Å². The van der Waals surface area contributed by atoms with E-state index in [-0.39, 0.29) is 11.9 Å². The molecule has 0 radical (unpaired) electrons. The Morgan fingerprint density at radius 3 is 2.75 bits per heavy atom. The van der Waals surface area contributed by atoms with Crippen molar-refractivity contribution in [2.24, 2.45) is 11.7 Å². The lowest BCUT2D eigenvalue weighted by Crippen LogP contribution is -2.43. The molecule has 0 aliphatic carbocycles. The Bertz CT molecular complexity index is 499. The summed E-state index contributed by atoms with van der Waals surface area (Å²) in [7, 11) is 1.60. The van der Waals surface area contributed by atoms with Crippen molar-refractivity contribution < 1.29 is 9.53 Å². The predicted octanol–water partition coefficient (Wildman–Crippen LogP) is 2.23. The molecule has 1 heterocycles. The van der Waals surface area contributed by atoms with Crippen LogP contribution >= 0.6 is 12.2 Å². The van der Waals surface area contributed by atoms with Gasteiger partial charge in [0.1, 0.15) is 5.75 Å². The Balaban J connectivity index is 1.91. The first-order valence-electron chi connectivity index (χ1n) is 6.59. The van der Waals surface area contributed by atoms with Gasteiger partial charge < -0.3 is 20.7 Å². The smallest absolute Gasteiger partial charge is 0.321 e. The quantitative estimate of drug-likeness (QED) is 0.839. The molecule has 1 aromatic rings. The fourth-order valence-corrected chi connectivity index (χ4v) is 2.51. The highest BCUT2D eigenvalue weighted by molar-refractivity contribution is 7.80. The molecule has 0 spiro atoms. The van der Waals surface area contributed by atoms with E-state index in [1.54, 1.807) is 18.1 Å². The number of rotatable bonds is 3. The molecule has 1 fully saturated rings. The first kappa shape index (κ1) is 14.6. The van der Waals surface area contributed by atoms with E-state index in [2.05, 4.69) is 5.32 Å². The Hall–Kier alpha value is -1.82. The van der Waals surface area contributed by atoms with E-state index in [4.69, 9.17) is 22.7 Å². The van der Waals surface area contributed by atoms with Crippen molar-refractivity contribution in [3.8, 4) is 5.75 Å². The van der Waals surface area contributed by atoms with Crippen LogP contribution in [0, 0.1) is 5.92 Å². The molecule has 1 aromatic carbocycles. The van der Waals surface area contributed by atoms with Crippen LogP contribution in [0.3, 0.4) is 0 Å². The van der Waals surface area contributed by atoms with E-state index in [0.29, 0.717) is 18.1 Å². The molecule has 1 aliphatic heterocycles. The average Bonchev–Trinajstić information content (AvgIpc) is 2.47. The molecule has 1 saturated heterocycles. The average molecular weight is 293 g/mol. The second kappa shape index (κ2) is 6.56. The zero-order chi connectivity index (χ0) is 14.5. The van der Waals surface area contributed by atoms with Crippen LogP contribution in [0.5, 0.6) is 5.75 Å². The van der Waals surface area contributed by atoms with Gasteiger partial charge in [-0.1, -0.05) is 18.3 Å². The zero-order valence-electron chi connectivity index (χ0n) is 11.5. The third-order valence-electron chi connectivity index (χ3n) is 3.51. The number of benzene rings is 1. The molecule has 0 aromatic heterocycles. The van der Waals surface area contributed by atoms with Gasteiger partial charge in [0.2, 0.25) is 0 Å². The third kappa shape index (κ3) is 3.60. The molecule has 6 heteroatoms. The number of nitrogens with one attached hydrogen (secondary N) is 1. The van der Waals surface area contributed by atoms with Crippen molar-refractivity contribution in [1.29, 1.82) is 0 Å². The number of ether oxygens (including phenoxy) is 1. The van der Waals surface area contributed by atoms with Crippen LogP contribution in [-0.2, 0) is 0 Å². The van der Waals surface area contributed by atoms with Crippen LogP contribution in [0.4, 0.5) is 10.5 Å². The van der Waals surface area contributed by atoms with Crippen molar-refractivity contribution in [2.75, 3.05) is 25.5 Å². The highest BCUT2D eigenvalue weighted by atomic mass is 32.1. The minimum atomic E-state index is -0.0976. The number of urea groups is 1. The van der Waals surface area contributed by atoms with Crippen molar-refractivity contribution in [1.82, 2.24) is 4.90 Å². The molecule has 0 bridgehead atoms. The molecular formula is C14H19N3O2S. The Kier molecular flexibility index (Phi) is 4.79. The van der Waals surface area contributed by atoms with Crippen molar-refractivity contribution in [2.45, 2.75) is 12.8 Å². The highest BCUT2D eigenvalue weighted by Crippen LogP contribution is 2.20. The predicted molar refractivity (Wildman–Crippen MR) is 83.1 cm³/mol. The number of carbonyl (C=O) groups is 1. The number of nitrogens with two attached hydrogens (primary N) is 1. The van der Waals surface area contributed by atoms with Gasteiger partial charge in [0.15, 0.2) is 0 Å². The summed E-state index contributed by atoms with van der Waals surface area (Å²) in [6, 6.07) is 7.21. The summed E-state index contributed by atoms with van der Waals surface area (Å²) in [5, 5.41) is 2.87. The standard InChI is InChI=1S/C14H19N3O2S/c1-19-12-4-2-3-11(9-12)16-14(18)17-7-5-10(6-8-17)13(15)20/h2-4,9-10H,5-8H2,1H3,(H2,15,20)(H,16,18). The molecule has 2 rings (SSSR count). The fourth-order valence-electron chi connectivity index (χ4n) is 2.27. The minimum absolute atomic E-state index is 0.0976. The van der Waals surface area contributed by atoms with E-state index < -0.39 is 0 Å². The zero-order valence-corrected chi connectivity index (χ0v) is 12.3. The summed E-state index contributed by atoms with van der Waals surface area (Å²) in [6.07, 6.45) is 1.67. The number of thiocarbonyl (C=S) groups is 1. The lowest BCUT2D eigenvalue weighted by molar-refractivity contribution is 0.193. The number of carbonyl (C=O) groups excluding carboxylic acids is 1. The summed E-state index contributed by atoms with van der Waals surface area (Å²) in [6.45, 7) is 1.36. The molecule has 20 heavy (non-hydrogen) atoms. The highest BCUT2D eigenvalue weighted by Gasteiger charge is 2.24. The Labute approximate surface area is 124 Å². The number of hydrogen-bond acceptors (Lipinski definition) is 3. The van der Waals surface area contributed by atoms with Crippen LogP contribution < -0.4 is 15.8 Å². The summed E-state index contributed by atoms with van der Waals surface area (Å²) in [5.41, 5.74) is 6.37. The monoisotopic (exact) mass is 293 g/mol. The summed E-state index contributed by atoms with van der Waals surface area (Å²) >= 11 is 5.00. The molecular weight excluding hydrogens is 274 g/mol. The second-order valence-electron chi connectivity index (χ2n) is 4.83. The van der Waals surface area contributed by atoms with Crippen molar-refractivity contribution >= 4 is 28.9 Å². The van der Waals surface area contributed by atoms with Crippen LogP contribution in [0.25, 0.3) is 0 Å². The van der Waals surface area contributed by atoms with E-state index >= 15 is 0 Å². The maximum atomic E-state index is 12.2. The van der Waals surface area contributed by atoms with Gasteiger partial charge in [0.25, 0.3) is 0 Å². The van der Waals surface area contributed by atoms with Crippen LogP contribution in [0.2, 0.25) is 0 Å². The van der Waals surface area contributed by atoms with E-state index in [1.807, 2.05) is 18.2 Å². The normalized spacial score (nSPS) is 15.8. The van der Waals surface area contributed by atoms with E-state index in [9.17, 15) is 4.79 Å².